The molecule has 26 heavy (non-hydrogen) atoms. The van der Waals surface area contributed by atoms with Crippen LogP contribution >= 0.6 is 0 Å². The molecule has 0 aliphatic carbocycles. The molecule has 1 N–H and O–H groups in total. The molecule has 2 aromatic carbocycles. The first kappa shape index (κ1) is 16.9. The second kappa shape index (κ2) is 7.02. The molecule has 0 spiro atoms. The van der Waals surface area contributed by atoms with E-state index in [0.29, 0.717) is 5.39 Å². The Morgan fingerprint density at radius 3 is 2.62 bits per heavy atom. The maximum absolute atomic E-state index is 12.4. The fourth-order valence-corrected chi connectivity index (χ4v) is 3.63. The van der Waals surface area contributed by atoms with Gasteiger partial charge in [0.15, 0.2) is 0 Å². The molecule has 0 atom stereocenters. The summed E-state index contributed by atoms with van der Waals surface area (Å²) in [5, 5.41) is 6.18. The van der Waals surface area contributed by atoms with E-state index in [9.17, 15) is 4.79 Å². The molecule has 134 valence electrons. The van der Waals surface area contributed by atoms with E-state index in [1.54, 1.807) is 11.9 Å². The normalized spacial score (nSPS) is 15.5. The standard InChI is InChI=1S/C21H23N3O2/c1-15-7-8-16(13-17(15)14-24-9-11-26-12-10-24)20-18-5-3-4-6-19(18)21(25)23(2)22-20/h3-8,13H,9-12,14H2,1-2H3/p+1. The number of ether oxygens (including phenoxy) is 1. The molecule has 1 aliphatic rings. The number of hydrogen-bond donors (Lipinski definition) is 1. The second-order valence-corrected chi connectivity index (χ2v) is 7.00. The molecule has 0 bridgehead atoms. The largest absolute Gasteiger partial charge is 0.370 e. The van der Waals surface area contributed by atoms with Gasteiger partial charge in [-0.3, -0.25) is 4.79 Å². The number of nitrogens with one attached hydrogen (secondary N) is 1. The van der Waals surface area contributed by atoms with Crippen LogP contribution in [-0.2, 0) is 18.3 Å². The quantitative estimate of drug-likeness (QED) is 0.775. The average molecular weight is 350 g/mol. The molecule has 5 heteroatoms. The monoisotopic (exact) mass is 350 g/mol. The summed E-state index contributed by atoms with van der Waals surface area (Å²) in [5.41, 5.74) is 4.49. The van der Waals surface area contributed by atoms with Crippen molar-refractivity contribution in [3.8, 4) is 11.3 Å². The molecule has 1 saturated heterocycles. The van der Waals surface area contributed by atoms with E-state index in [-0.39, 0.29) is 5.56 Å². The molecular formula is C21H24N3O2+. The van der Waals surface area contributed by atoms with E-state index in [0.717, 1.165) is 49.5 Å². The highest BCUT2D eigenvalue weighted by Gasteiger charge is 2.17. The first-order valence-corrected chi connectivity index (χ1v) is 9.11. The van der Waals surface area contributed by atoms with Gasteiger partial charge >= 0.3 is 0 Å². The van der Waals surface area contributed by atoms with Gasteiger partial charge in [-0.15, -0.1) is 0 Å². The number of aryl methyl sites for hydroxylation is 2. The van der Waals surface area contributed by atoms with Crippen LogP contribution in [0.2, 0.25) is 0 Å². The zero-order valence-electron chi connectivity index (χ0n) is 15.3. The number of benzene rings is 2. The molecule has 1 aromatic heterocycles. The van der Waals surface area contributed by atoms with Crippen LogP contribution in [0, 0.1) is 6.92 Å². The zero-order valence-corrected chi connectivity index (χ0v) is 15.3. The van der Waals surface area contributed by atoms with Crippen LogP contribution in [0.3, 0.4) is 0 Å². The minimum atomic E-state index is -0.0607. The second-order valence-electron chi connectivity index (χ2n) is 7.00. The Kier molecular flexibility index (Phi) is 4.57. The summed E-state index contributed by atoms with van der Waals surface area (Å²) in [6, 6.07) is 14.2. The van der Waals surface area contributed by atoms with Gasteiger partial charge in [-0.2, -0.15) is 5.10 Å². The van der Waals surface area contributed by atoms with Crippen LogP contribution in [0.25, 0.3) is 22.0 Å². The van der Waals surface area contributed by atoms with Crippen molar-refractivity contribution in [3.05, 3.63) is 63.9 Å². The van der Waals surface area contributed by atoms with Crippen LogP contribution in [0.15, 0.2) is 47.3 Å². The van der Waals surface area contributed by atoms with Gasteiger partial charge in [0.1, 0.15) is 19.6 Å². The Bertz CT molecular complexity index is 1000. The lowest BCUT2D eigenvalue weighted by atomic mass is 9.99. The summed E-state index contributed by atoms with van der Waals surface area (Å²) in [7, 11) is 1.71. The maximum atomic E-state index is 12.4. The Morgan fingerprint density at radius 1 is 1.12 bits per heavy atom. The molecule has 3 aromatic rings. The topological polar surface area (TPSA) is 48.6 Å². The van der Waals surface area contributed by atoms with Crippen LogP contribution in [-0.4, -0.2) is 36.1 Å². The van der Waals surface area contributed by atoms with Gasteiger partial charge in [-0.25, -0.2) is 4.68 Å². The first-order chi connectivity index (χ1) is 12.6. The van der Waals surface area contributed by atoms with Gasteiger partial charge in [-0.05, 0) is 24.6 Å². The first-order valence-electron chi connectivity index (χ1n) is 9.11. The van der Waals surface area contributed by atoms with Gasteiger partial charge in [0, 0.05) is 23.6 Å². The van der Waals surface area contributed by atoms with Crippen molar-refractivity contribution >= 4 is 10.8 Å². The lowest BCUT2D eigenvalue weighted by Gasteiger charge is -2.24. The molecule has 0 radical (unpaired) electrons. The average Bonchev–Trinajstić information content (AvgIpc) is 2.67. The smallest absolute Gasteiger partial charge is 0.274 e. The molecule has 1 fully saturated rings. The van der Waals surface area contributed by atoms with E-state index in [1.165, 1.54) is 15.8 Å². The molecule has 1 aliphatic heterocycles. The third-order valence-electron chi connectivity index (χ3n) is 5.22. The van der Waals surface area contributed by atoms with E-state index < -0.39 is 0 Å². The van der Waals surface area contributed by atoms with Crippen molar-refractivity contribution in [3.63, 3.8) is 0 Å². The van der Waals surface area contributed by atoms with Gasteiger partial charge in [0.25, 0.3) is 5.56 Å². The zero-order chi connectivity index (χ0) is 18.1. The fraction of sp³-hybridized carbons (Fsp3) is 0.333. The van der Waals surface area contributed by atoms with Gasteiger partial charge < -0.3 is 9.64 Å². The highest BCUT2D eigenvalue weighted by atomic mass is 16.5. The molecule has 4 rings (SSSR count). The molecule has 0 amide bonds. The third kappa shape index (κ3) is 3.16. The molecule has 0 unspecified atom stereocenters. The maximum Gasteiger partial charge on any atom is 0.274 e. The minimum absolute atomic E-state index is 0.0607. The Labute approximate surface area is 152 Å². The van der Waals surface area contributed by atoms with Gasteiger partial charge in [0.05, 0.1) is 24.3 Å². The van der Waals surface area contributed by atoms with Crippen LogP contribution in [0.1, 0.15) is 11.1 Å². The Balaban J connectivity index is 1.79. The summed E-state index contributed by atoms with van der Waals surface area (Å²) in [6.07, 6.45) is 0. The van der Waals surface area contributed by atoms with Crippen LogP contribution in [0.4, 0.5) is 0 Å². The predicted molar refractivity (Wildman–Crippen MR) is 102 cm³/mol. The lowest BCUT2D eigenvalue weighted by Crippen LogP contribution is -3.12. The molecule has 0 saturated carbocycles. The van der Waals surface area contributed by atoms with Crippen LogP contribution in [0.5, 0.6) is 0 Å². The van der Waals surface area contributed by atoms with Crippen molar-refractivity contribution in [2.75, 3.05) is 26.3 Å². The highest BCUT2D eigenvalue weighted by Crippen LogP contribution is 2.26. The summed E-state index contributed by atoms with van der Waals surface area (Å²) in [4.78, 5) is 13.9. The number of rotatable bonds is 3. The number of quaternary nitrogens is 1. The predicted octanol–water partition coefficient (Wildman–Crippen LogP) is 1.32. The molecule has 2 heterocycles. The van der Waals surface area contributed by atoms with E-state index in [1.807, 2.05) is 24.3 Å². The third-order valence-corrected chi connectivity index (χ3v) is 5.22. The highest BCUT2D eigenvalue weighted by molar-refractivity contribution is 5.93. The summed E-state index contributed by atoms with van der Waals surface area (Å²) >= 11 is 0. The molecular weight excluding hydrogens is 326 g/mol. The number of aromatic nitrogens is 2. The van der Waals surface area contributed by atoms with Crippen molar-refractivity contribution in [1.29, 1.82) is 0 Å². The van der Waals surface area contributed by atoms with Crippen LogP contribution < -0.4 is 10.5 Å². The number of hydrogen-bond acceptors (Lipinski definition) is 3. The molecule has 5 nitrogen and oxygen atoms in total. The van der Waals surface area contributed by atoms with Gasteiger partial charge in [-0.1, -0.05) is 30.3 Å². The summed E-state index contributed by atoms with van der Waals surface area (Å²) in [5.74, 6) is 0. The van der Waals surface area contributed by atoms with E-state index in [2.05, 4.69) is 30.2 Å². The van der Waals surface area contributed by atoms with Crippen molar-refractivity contribution < 1.29 is 9.64 Å². The van der Waals surface area contributed by atoms with Crippen molar-refractivity contribution in [2.45, 2.75) is 13.5 Å². The fourth-order valence-electron chi connectivity index (χ4n) is 3.63. The van der Waals surface area contributed by atoms with Crippen molar-refractivity contribution in [1.82, 2.24) is 9.78 Å². The number of fused-ring (bicyclic) bond motifs is 1. The minimum Gasteiger partial charge on any atom is -0.370 e. The van der Waals surface area contributed by atoms with E-state index >= 15 is 0 Å². The van der Waals surface area contributed by atoms with Gasteiger partial charge in [0.2, 0.25) is 0 Å². The number of morpholine rings is 1. The van der Waals surface area contributed by atoms with E-state index in [4.69, 9.17) is 4.74 Å². The number of nitrogens with zero attached hydrogens (tertiary/aromatic N) is 2. The Hall–Kier alpha value is -2.50. The summed E-state index contributed by atoms with van der Waals surface area (Å²) in [6.45, 7) is 6.91. The lowest BCUT2D eigenvalue weighted by molar-refractivity contribution is -0.921. The SMILES string of the molecule is Cc1ccc(-c2nn(C)c(=O)c3ccccc23)cc1C[NH+]1CCOCC1. The van der Waals surface area contributed by atoms with Crippen molar-refractivity contribution in [2.24, 2.45) is 7.05 Å². The Morgan fingerprint density at radius 2 is 1.85 bits per heavy atom. The summed E-state index contributed by atoms with van der Waals surface area (Å²) < 4.78 is 6.91.